The van der Waals surface area contributed by atoms with Crippen molar-refractivity contribution in [3.8, 4) is 10.8 Å². The van der Waals surface area contributed by atoms with E-state index in [0.29, 0.717) is 30.1 Å². The molecule has 0 spiro atoms. The molecule has 0 aliphatic carbocycles. The van der Waals surface area contributed by atoms with Crippen molar-refractivity contribution in [3.05, 3.63) is 58.7 Å². The zero-order valence-electron chi connectivity index (χ0n) is 14.7. The summed E-state index contributed by atoms with van der Waals surface area (Å²) in [6.45, 7) is 3.75. The van der Waals surface area contributed by atoms with E-state index in [4.69, 9.17) is 4.52 Å². The van der Waals surface area contributed by atoms with Gasteiger partial charge in [-0.15, -0.1) is 11.3 Å². The van der Waals surface area contributed by atoms with E-state index in [1.165, 1.54) is 11.3 Å². The lowest BCUT2D eigenvalue weighted by Crippen LogP contribution is -2.23. The Morgan fingerprint density at radius 3 is 2.88 bits per heavy atom. The first-order valence-electron chi connectivity index (χ1n) is 8.37. The zero-order valence-corrected chi connectivity index (χ0v) is 15.5. The molecule has 1 amide bonds. The lowest BCUT2D eigenvalue weighted by molar-refractivity contribution is 0.0714. The lowest BCUT2D eigenvalue weighted by Gasteiger charge is -2.16. The number of nitrogens with zero attached hydrogens (tertiary/aromatic N) is 2. The van der Waals surface area contributed by atoms with Crippen LogP contribution in [0.25, 0.3) is 10.8 Å². The topological polar surface area (TPSA) is 88.2 Å². The Morgan fingerprint density at radius 1 is 1.31 bits per heavy atom. The molecule has 0 saturated carbocycles. The van der Waals surface area contributed by atoms with Crippen molar-refractivity contribution in [3.63, 3.8) is 0 Å². The number of thiophene rings is 1. The Balaban J connectivity index is 1.58. The van der Waals surface area contributed by atoms with Crippen LogP contribution in [-0.2, 0) is 13.0 Å². The number of benzene rings is 1. The van der Waals surface area contributed by atoms with E-state index in [-0.39, 0.29) is 12.5 Å². The minimum Gasteiger partial charge on any atom is -0.390 e. The van der Waals surface area contributed by atoms with Gasteiger partial charge >= 0.3 is 0 Å². The maximum atomic E-state index is 12.4. The first-order chi connectivity index (χ1) is 12.4. The van der Waals surface area contributed by atoms with Crippen molar-refractivity contribution in [1.82, 2.24) is 15.5 Å². The summed E-state index contributed by atoms with van der Waals surface area (Å²) in [5, 5.41) is 18.5. The molecule has 2 N–H and O–H groups in total. The van der Waals surface area contributed by atoms with Crippen molar-refractivity contribution in [2.75, 3.05) is 0 Å². The number of aryl methyl sites for hydroxylation is 1. The first-order valence-corrected chi connectivity index (χ1v) is 9.25. The van der Waals surface area contributed by atoms with E-state index in [0.717, 1.165) is 10.4 Å². The fourth-order valence-electron chi connectivity index (χ4n) is 2.41. The van der Waals surface area contributed by atoms with Gasteiger partial charge in [-0.2, -0.15) is 4.98 Å². The quantitative estimate of drug-likeness (QED) is 0.664. The van der Waals surface area contributed by atoms with E-state index in [9.17, 15) is 9.90 Å². The molecule has 0 aliphatic heterocycles. The maximum absolute atomic E-state index is 12.4. The molecule has 6 nitrogen and oxygen atoms in total. The van der Waals surface area contributed by atoms with Gasteiger partial charge in [-0.3, -0.25) is 4.79 Å². The molecule has 2 heterocycles. The van der Waals surface area contributed by atoms with Gasteiger partial charge in [0.05, 0.1) is 17.0 Å². The number of hydrogen-bond donors (Lipinski definition) is 2. The predicted octanol–water partition coefficient (Wildman–Crippen LogP) is 3.43. The number of amides is 1. The first kappa shape index (κ1) is 18.3. The Hall–Kier alpha value is -2.51. The van der Waals surface area contributed by atoms with E-state index in [1.54, 1.807) is 19.9 Å². The van der Waals surface area contributed by atoms with Gasteiger partial charge < -0.3 is 14.9 Å². The van der Waals surface area contributed by atoms with E-state index < -0.39 is 5.60 Å². The second-order valence-electron chi connectivity index (χ2n) is 6.69. The normalized spacial score (nSPS) is 11.5. The van der Waals surface area contributed by atoms with Crippen LogP contribution in [0.4, 0.5) is 0 Å². The monoisotopic (exact) mass is 371 g/mol. The van der Waals surface area contributed by atoms with Crippen LogP contribution in [0.15, 0.2) is 46.3 Å². The molecular formula is C19H21N3O3S. The van der Waals surface area contributed by atoms with Crippen LogP contribution in [0.5, 0.6) is 0 Å². The predicted molar refractivity (Wildman–Crippen MR) is 99.8 cm³/mol. The van der Waals surface area contributed by atoms with Gasteiger partial charge in [0.25, 0.3) is 11.8 Å². The molecule has 1 aromatic carbocycles. The summed E-state index contributed by atoms with van der Waals surface area (Å²) in [6, 6.07) is 11.2. The minimum absolute atomic E-state index is 0.196. The van der Waals surface area contributed by atoms with Gasteiger partial charge in [0.2, 0.25) is 0 Å². The summed E-state index contributed by atoms with van der Waals surface area (Å²) in [7, 11) is 0. The zero-order chi connectivity index (χ0) is 18.6. The molecule has 0 unspecified atom stereocenters. The highest BCUT2D eigenvalue weighted by Gasteiger charge is 2.14. The molecular weight excluding hydrogens is 350 g/mol. The summed E-state index contributed by atoms with van der Waals surface area (Å²) < 4.78 is 5.20. The second-order valence-corrected chi connectivity index (χ2v) is 7.64. The smallest absolute Gasteiger partial charge is 0.268 e. The van der Waals surface area contributed by atoms with Gasteiger partial charge in [-0.05, 0) is 55.8 Å². The van der Waals surface area contributed by atoms with Crippen molar-refractivity contribution in [2.45, 2.75) is 38.8 Å². The van der Waals surface area contributed by atoms with Gasteiger partial charge in [0, 0.05) is 5.56 Å². The van der Waals surface area contributed by atoms with Crippen molar-refractivity contribution in [1.29, 1.82) is 0 Å². The highest BCUT2D eigenvalue weighted by Crippen LogP contribution is 2.22. The molecule has 0 saturated heterocycles. The average Bonchev–Trinajstić information content (AvgIpc) is 3.28. The largest absolute Gasteiger partial charge is 0.390 e. The molecule has 0 bridgehead atoms. The summed E-state index contributed by atoms with van der Waals surface area (Å²) in [4.78, 5) is 17.5. The third-order valence-electron chi connectivity index (χ3n) is 3.82. The van der Waals surface area contributed by atoms with Gasteiger partial charge in [-0.25, -0.2) is 0 Å². The van der Waals surface area contributed by atoms with Crippen LogP contribution in [0, 0.1) is 0 Å². The molecule has 7 heteroatoms. The number of rotatable bonds is 7. The van der Waals surface area contributed by atoms with Crippen LogP contribution < -0.4 is 5.32 Å². The third-order valence-corrected chi connectivity index (χ3v) is 4.68. The van der Waals surface area contributed by atoms with Crippen LogP contribution in [0.3, 0.4) is 0 Å². The van der Waals surface area contributed by atoms with Gasteiger partial charge in [-0.1, -0.05) is 23.4 Å². The van der Waals surface area contributed by atoms with E-state index >= 15 is 0 Å². The highest BCUT2D eigenvalue weighted by atomic mass is 32.1. The molecule has 3 rings (SSSR count). The fourth-order valence-corrected chi connectivity index (χ4v) is 3.05. The van der Waals surface area contributed by atoms with Crippen LogP contribution >= 0.6 is 11.3 Å². The molecule has 0 fully saturated rings. The van der Waals surface area contributed by atoms with Crippen molar-refractivity contribution < 1.29 is 14.4 Å². The lowest BCUT2D eigenvalue weighted by atomic mass is 9.98. The molecule has 2 aromatic heterocycles. The summed E-state index contributed by atoms with van der Waals surface area (Å²) in [6.07, 6.45) is 1.34. The van der Waals surface area contributed by atoms with Crippen molar-refractivity contribution in [2.24, 2.45) is 0 Å². The number of carbonyl (C=O) groups excluding carboxylic acids is 1. The Bertz CT molecular complexity index is 866. The Labute approximate surface area is 155 Å². The Kier molecular flexibility index (Phi) is 5.49. The fraction of sp³-hybridized carbons (Fsp3) is 0.316. The van der Waals surface area contributed by atoms with Gasteiger partial charge in [0.15, 0.2) is 5.82 Å². The SMILES string of the molecule is CC(C)(O)CCc1cccc(C(=O)NCc2noc(-c3cccs3)n2)c1. The average molecular weight is 371 g/mol. The molecule has 0 atom stereocenters. The third kappa shape index (κ3) is 5.00. The Morgan fingerprint density at radius 2 is 2.15 bits per heavy atom. The summed E-state index contributed by atoms with van der Waals surface area (Å²) in [5.41, 5.74) is 0.858. The van der Waals surface area contributed by atoms with Crippen LogP contribution in [0.2, 0.25) is 0 Å². The van der Waals surface area contributed by atoms with Crippen molar-refractivity contribution >= 4 is 17.2 Å². The highest BCUT2D eigenvalue weighted by molar-refractivity contribution is 7.13. The number of nitrogens with one attached hydrogen (secondary N) is 1. The molecule has 0 radical (unpaired) electrons. The molecule has 136 valence electrons. The second kappa shape index (κ2) is 7.80. The molecule has 26 heavy (non-hydrogen) atoms. The molecule has 3 aromatic rings. The number of aromatic nitrogens is 2. The van der Waals surface area contributed by atoms with Crippen LogP contribution in [-0.4, -0.2) is 26.8 Å². The van der Waals surface area contributed by atoms with Crippen LogP contribution in [0.1, 0.15) is 42.0 Å². The minimum atomic E-state index is -0.725. The number of carbonyl (C=O) groups is 1. The number of aliphatic hydroxyl groups is 1. The van der Waals surface area contributed by atoms with E-state index in [2.05, 4.69) is 15.5 Å². The van der Waals surface area contributed by atoms with Gasteiger partial charge in [0.1, 0.15) is 0 Å². The summed E-state index contributed by atoms with van der Waals surface area (Å²) >= 11 is 1.52. The maximum Gasteiger partial charge on any atom is 0.268 e. The standard InChI is InChI=1S/C19H21N3O3S/c1-19(2,24)9-8-13-5-3-6-14(11-13)17(23)20-12-16-21-18(25-22-16)15-7-4-10-26-15/h3-7,10-11,24H,8-9,12H2,1-2H3,(H,20,23). The van der Waals surface area contributed by atoms with E-state index in [1.807, 2.05) is 35.7 Å². The number of hydrogen-bond acceptors (Lipinski definition) is 6. The molecule has 0 aliphatic rings. The summed E-state index contributed by atoms with van der Waals surface area (Å²) in [5.74, 6) is 0.690.